The second-order valence-electron chi connectivity index (χ2n) is 5.12. The van der Waals surface area contributed by atoms with E-state index in [1.165, 1.54) is 6.42 Å². The van der Waals surface area contributed by atoms with Gasteiger partial charge in [0.05, 0.1) is 23.7 Å². The van der Waals surface area contributed by atoms with E-state index in [0.29, 0.717) is 0 Å². The maximum Gasteiger partial charge on any atom is 0.153 e. The minimum Gasteiger partial charge on any atom is -0.300 e. The zero-order chi connectivity index (χ0) is 13.2. The van der Waals surface area contributed by atoms with E-state index < -0.39 is 0 Å². The average molecular weight is 255 g/mol. The van der Waals surface area contributed by atoms with Crippen LogP contribution in [0.25, 0.3) is 5.52 Å². The van der Waals surface area contributed by atoms with Gasteiger partial charge in [-0.1, -0.05) is 17.3 Å². The van der Waals surface area contributed by atoms with Gasteiger partial charge in [-0.2, -0.15) is 0 Å². The fourth-order valence-corrected chi connectivity index (χ4v) is 2.87. The first-order valence-corrected chi connectivity index (χ1v) is 6.74. The summed E-state index contributed by atoms with van der Waals surface area (Å²) in [4.78, 5) is 15.6. The van der Waals surface area contributed by atoms with Crippen molar-refractivity contribution in [3.05, 3.63) is 52.5 Å². The minimum absolute atomic E-state index is 0.377. The van der Waals surface area contributed by atoms with Gasteiger partial charge in [0.1, 0.15) is 0 Å². The molecule has 2 heterocycles. The van der Waals surface area contributed by atoms with Crippen LogP contribution in [0.4, 0.5) is 0 Å². The van der Waals surface area contributed by atoms with E-state index in [1.54, 1.807) is 12.5 Å². The van der Waals surface area contributed by atoms with Gasteiger partial charge in [0, 0.05) is 0 Å². The highest BCUT2D eigenvalue weighted by Gasteiger charge is 2.23. The Hall–Kier alpha value is -1.97. The van der Waals surface area contributed by atoms with Crippen molar-refractivity contribution < 1.29 is 0 Å². The summed E-state index contributed by atoms with van der Waals surface area (Å²) in [5.41, 5.74) is 4.20. The SMILES string of the molecule is Cc1ccc2cncn2c1C(N=O)C1=CCCCC1. The zero-order valence-electron chi connectivity index (χ0n) is 11.0. The van der Waals surface area contributed by atoms with E-state index in [1.807, 2.05) is 23.5 Å². The molecule has 0 spiro atoms. The van der Waals surface area contributed by atoms with Gasteiger partial charge in [-0.25, -0.2) is 4.98 Å². The van der Waals surface area contributed by atoms with Crippen LogP contribution in [0.1, 0.15) is 43.0 Å². The van der Waals surface area contributed by atoms with Gasteiger partial charge in [-0.05, 0) is 49.8 Å². The van der Waals surface area contributed by atoms with Crippen LogP contribution in [-0.2, 0) is 0 Å². The molecule has 0 fully saturated rings. The number of aryl methyl sites for hydroxylation is 1. The number of hydrogen-bond acceptors (Lipinski definition) is 3. The van der Waals surface area contributed by atoms with Crippen molar-refractivity contribution in [2.24, 2.45) is 5.18 Å². The number of hydrogen-bond donors (Lipinski definition) is 0. The lowest BCUT2D eigenvalue weighted by atomic mass is 9.91. The molecule has 19 heavy (non-hydrogen) atoms. The van der Waals surface area contributed by atoms with Gasteiger partial charge in [0.25, 0.3) is 0 Å². The average Bonchev–Trinajstić information content (AvgIpc) is 2.91. The molecule has 1 unspecified atom stereocenters. The lowest BCUT2D eigenvalue weighted by Gasteiger charge is -2.20. The largest absolute Gasteiger partial charge is 0.300 e. The fraction of sp³-hybridized carbons (Fsp3) is 0.400. The molecule has 0 bridgehead atoms. The Kier molecular flexibility index (Phi) is 3.15. The first-order valence-electron chi connectivity index (χ1n) is 6.74. The summed E-state index contributed by atoms with van der Waals surface area (Å²) in [5, 5.41) is 3.41. The van der Waals surface area contributed by atoms with E-state index in [9.17, 15) is 4.91 Å². The first-order chi connectivity index (χ1) is 9.31. The zero-order valence-corrected chi connectivity index (χ0v) is 11.0. The third-order valence-corrected chi connectivity index (χ3v) is 3.88. The maximum atomic E-state index is 11.4. The molecule has 4 nitrogen and oxygen atoms in total. The summed E-state index contributed by atoms with van der Waals surface area (Å²) in [6.07, 6.45) is 10.1. The Labute approximate surface area is 112 Å². The van der Waals surface area contributed by atoms with E-state index in [-0.39, 0.29) is 6.04 Å². The number of nitroso groups, excluding NO2 is 1. The molecule has 0 N–H and O–H groups in total. The summed E-state index contributed by atoms with van der Waals surface area (Å²) < 4.78 is 1.98. The van der Waals surface area contributed by atoms with Crippen LogP contribution in [0.15, 0.2) is 41.5 Å². The van der Waals surface area contributed by atoms with Crippen molar-refractivity contribution in [2.45, 2.75) is 38.6 Å². The summed E-state index contributed by atoms with van der Waals surface area (Å²) in [5.74, 6) is 0. The third-order valence-electron chi connectivity index (χ3n) is 3.88. The van der Waals surface area contributed by atoms with Crippen LogP contribution in [0.5, 0.6) is 0 Å². The molecule has 0 saturated heterocycles. The highest BCUT2D eigenvalue weighted by molar-refractivity contribution is 5.49. The normalized spacial score (nSPS) is 17.2. The molecule has 4 heteroatoms. The predicted octanol–water partition coefficient (Wildman–Crippen LogP) is 3.95. The maximum absolute atomic E-state index is 11.4. The molecule has 0 aliphatic heterocycles. The quantitative estimate of drug-likeness (QED) is 0.615. The van der Waals surface area contributed by atoms with Crippen LogP contribution >= 0.6 is 0 Å². The fourth-order valence-electron chi connectivity index (χ4n) is 2.87. The van der Waals surface area contributed by atoms with Gasteiger partial charge < -0.3 is 4.40 Å². The van der Waals surface area contributed by atoms with Crippen molar-refractivity contribution >= 4 is 5.52 Å². The Balaban J connectivity index is 2.15. The molecular formula is C15H17N3O. The number of fused-ring (bicyclic) bond motifs is 1. The Morgan fingerprint density at radius 2 is 2.26 bits per heavy atom. The molecule has 98 valence electrons. The highest BCUT2D eigenvalue weighted by atomic mass is 16.3. The minimum atomic E-state index is -0.377. The molecule has 0 aromatic carbocycles. The van der Waals surface area contributed by atoms with Gasteiger partial charge in [0.15, 0.2) is 6.04 Å². The number of rotatable bonds is 3. The molecule has 1 atom stereocenters. The van der Waals surface area contributed by atoms with Gasteiger partial charge >= 0.3 is 0 Å². The van der Waals surface area contributed by atoms with Crippen molar-refractivity contribution in [2.75, 3.05) is 0 Å². The van der Waals surface area contributed by atoms with Crippen molar-refractivity contribution in [3.63, 3.8) is 0 Å². The number of allylic oxidation sites excluding steroid dienone is 1. The van der Waals surface area contributed by atoms with Gasteiger partial charge in [0.2, 0.25) is 0 Å². The predicted molar refractivity (Wildman–Crippen MR) is 75.0 cm³/mol. The smallest absolute Gasteiger partial charge is 0.153 e. The summed E-state index contributed by atoms with van der Waals surface area (Å²) in [6, 6.07) is 3.68. The molecule has 1 aliphatic carbocycles. The van der Waals surface area contributed by atoms with Crippen LogP contribution in [0, 0.1) is 11.8 Å². The second kappa shape index (κ2) is 4.96. The summed E-state index contributed by atoms with van der Waals surface area (Å²) >= 11 is 0. The monoisotopic (exact) mass is 255 g/mol. The van der Waals surface area contributed by atoms with Gasteiger partial charge in [-0.15, -0.1) is 4.91 Å². The number of aromatic nitrogens is 2. The van der Waals surface area contributed by atoms with Crippen LogP contribution < -0.4 is 0 Å². The molecule has 1 aliphatic rings. The van der Waals surface area contributed by atoms with E-state index in [2.05, 4.69) is 16.2 Å². The molecule has 2 aromatic rings. The topological polar surface area (TPSA) is 46.7 Å². The molecule has 3 rings (SSSR count). The Morgan fingerprint density at radius 1 is 1.37 bits per heavy atom. The Bertz CT molecular complexity index is 642. The molecule has 2 aromatic heterocycles. The lowest BCUT2D eigenvalue weighted by molar-refractivity contribution is 0.634. The van der Waals surface area contributed by atoms with Crippen LogP contribution in [-0.4, -0.2) is 9.38 Å². The molecule has 0 amide bonds. The number of pyridine rings is 1. The van der Waals surface area contributed by atoms with Gasteiger partial charge in [-0.3, -0.25) is 0 Å². The summed E-state index contributed by atoms with van der Waals surface area (Å²) in [7, 11) is 0. The van der Waals surface area contributed by atoms with Crippen LogP contribution in [0.3, 0.4) is 0 Å². The van der Waals surface area contributed by atoms with Crippen LogP contribution in [0.2, 0.25) is 0 Å². The van der Waals surface area contributed by atoms with E-state index >= 15 is 0 Å². The first kappa shape index (κ1) is 12.1. The van der Waals surface area contributed by atoms with Crippen molar-refractivity contribution in [1.82, 2.24) is 9.38 Å². The van der Waals surface area contributed by atoms with Crippen molar-refractivity contribution in [1.29, 1.82) is 0 Å². The Morgan fingerprint density at radius 3 is 3.00 bits per heavy atom. The number of nitrogens with zero attached hydrogens (tertiary/aromatic N) is 3. The highest BCUT2D eigenvalue weighted by Crippen LogP contribution is 2.34. The third kappa shape index (κ3) is 2.07. The summed E-state index contributed by atoms with van der Waals surface area (Å²) in [6.45, 7) is 2.02. The van der Waals surface area contributed by atoms with E-state index in [0.717, 1.165) is 41.6 Å². The molecule has 0 saturated carbocycles. The number of imidazole rings is 1. The van der Waals surface area contributed by atoms with Crippen molar-refractivity contribution in [3.8, 4) is 0 Å². The van der Waals surface area contributed by atoms with E-state index in [4.69, 9.17) is 0 Å². The second-order valence-corrected chi connectivity index (χ2v) is 5.12. The molecule has 0 radical (unpaired) electrons. The lowest BCUT2D eigenvalue weighted by Crippen LogP contribution is -2.09. The standard InChI is InChI=1S/C15H17N3O/c1-11-7-8-13-9-16-10-18(13)15(11)14(17-19)12-5-3-2-4-6-12/h5,7-10,14H,2-4,6H2,1H3. The molecular weight excluding hydrogens is 238 g/mol.